The van der Waals surface area contributed by atoms with E-state index in [-0.39, 0.29) is 37.8 Å². The lowest BCUT2D eigenvalue weighted by Crippen LogP contribution is -2.34. The van der Waals surface area contributed by atoms with E-state index in [0.717, 1.165) is 23.2 Å². The Balaban J connectivity index is 1.35. The predicted molar refractivity (Wildman–Crippen MR) is 101 cm³/mol. The number of hydrogen-bond acceptors (Lipinski definition) is 4. The fraction of sp³-hybridized carbons (Fsp3) is 0.286. The number of anilines is 1. The van der Waals surface area contributed by atoms with Crippen molar-refractivity contribution in [2.45, 2.75) is 19.3 Å². The molecule has 2 amide bonds. The number of para-hydroxylation sites is 1. The molecule has 0 radical (unpaired) electrons. The SMILES string of the molecule is O=C(Cc1ccccc1)NCCC(=O)OCC(=O)N1CCc2ccccc21. The summed E-state index contributed by atoms with van der Waals surface area (Å²) in [7, 11) is 0. The van der Waals surface area contributed by atoms with Crippen LogP contribution < -0.4 is 10.2 Å². The highest BCUT2D eigenvalue weighted by atomic mass is 16.5. The molecule has 1 heterocycles. The van der Waals surface area contributed by atoms with E-state index in [1.165, 1.54) is 0 Å². The summed E-state index contributed by atoms with van der Waals surface area (Å²) in [6.45, 7) is 0.502. The van der Waals surface area contributed by atoms with Crippen LogP contribution in [0.2, 0.25) is 0 Å². The lowest BCUT2D eigenvalue weighted by molar-refractivity contribution is -0.147. The number of amides is 2. The molecule has 140 valence electrons. The molecule has 0 saturated heterocycles. The molecular formula is C21H22N2O4. The standard InChI is InChI=1S/C21H22N2O4/c24-19(14-16-6-2-1-3-7-16)22-12-10-21(26)27-15-20(25)23-13-11-17-8-4-5-9-18(17)23/h1-9H,10-15H2,(H,22,24). The molecule has 6 heteroatoms. The first kappa shape index (κ1) is 18.6. The van der Waals surface area contributed by atoms with Gasteiger partial charge in [-0.1, -0.05) is 48.5 Å². The van der Waals surface area contributed by atoms with Gasteiger partial charge in [-0.15, -0.1) is 0 Å². The number of nitrogens with one attached hydrogen (secondary N) is 1. The molecule has 0 spiro atoms. The van der Waals surface area contributed by atoms with Gasteiger partial charge in [0.15, 0.2) is 6.61 Å². The highest BCUT2D eigenvalue weighted by Gasteiger charge is 2.24. The van der Waals surface area contributed by atoms with Crippen LogP contribution >= 0.6 is 0 Å². The zero-order chi connectivity index (χ0) is 19.1. The fourth-order valence-electron chi connectivity index (χ4n) is 3.04. The highest BCUT2D eigenvalue weighted by molar-refractivity contribution is 5.97. The molecule has 1 aliphatic heterocycles. The van der Waals surface area contributed by atoms with Crippen LogP contribution in [0.25, 0.3) is 0 Å². The second-order valence-electron chi connectivity index (χ2n) is 6.35. The highest BCUT2D eigenvalue weighted by Crippen LogP contribution is 2.27. The molecule has 27 heavy (non-hydrogen) atoms. The van der Waals surface area contributed by atoms with E-state index in [4.69, 9.17) is 4.74 Å². The van der Waals surface area contributed by atoms with Crippen LogP contribution in [0.3, 0.4) is 0 Å². The zero-order valence-electron chi connectivity index (χ0n) is 15.0. The Morgan fingerprint density at radius 1 is 1.00 bits per heavy atom. The molecule has 0 aliphatic carbocycles. The van der Waals surface area contributed by atoms with Gasteiger partial charge in [-0.25, -0.2) is 0 Å². The molecule has 1 aliphatic rings. The van der Waals surface area contributed by atoms with Crippen LogP contribution in [0.4, 0.5) is 5.69 Å². The number of carbonyl (C=O) groups is 3. The summed E-state index contributed by atoms with van der Waals surface area (Å²) in [6, 6.07) is 17.1. The summed E-state index contributed by atoms with van der Waals surface area (Å²) < 4.78 is 5.05. The maximum Gasteiger partial charge on any atom is 0.308 e. The van der Waals surface area contributed by atoms with Crippen LogP contribution in [0.15, 0.2) is 54.6 Å². The Morgan fingerprint density at radius 3 is 2.56 bits per heavy atom. The van der Waals surface area contributed by atoms with Crippen LogP contribution in [0.1, 0.15) is 17.5 Å². The van der Waals surface area contributed by atoms with Crippen molar-refractivity contribution in [3.63, 3.8) is 0 Å². The summed E-state index contributed by atoms with van der Waals surface area (Å²) in [4.78, 5) is 37.6. The van der Waals surface area contributed by atoms with Gasteiger partial charge >= 0.3 is 5.97 Å². The van der Waals surface area contributed by atoms with Crippen molar-refractivity contribution in [1.82, 2.24) is 5.32 Å². The molecule has 1 N–H and O–H groups in total. The van der Waals surface area contributed by atoms with Crippen LogP contribution in [0, 0.1) is 0 Å². The van der Waals surface area contributed by atoms with Gasteiger partial charge in [-0.05, 0) is 23.6 Å². The van der Waals surface area contributed by atoms with Gasteiger partial charge in [0.1, 0.15) is 0 Å². The largest absolute Gasteiger partial charge is 0.455 e. The first-order valence-electron chi connectivity index (χ1n) is 8.98. The van der Waals surface area contributed by atoms with Gasteiger partial charge in [0.2, 0.25) is 5.91 Å². The first-order valence-corrected chi connectivity index (χ1v) is 8.98. The number of ether oxygens (including phenoxy) is 1. The lowest BCUT2D eigenvalue weighted by Gasteiger charge is -2.17. The molecule has 3 rings (SSSR count). The lowest BCUT2D eigenvalue weighted by atomic mass is 10.1. The van der Waals surface area contributed by atoms with Gasteiger partial charge < -0.3 is 15.0 Å². The van der Waals surface area contributed by atoms with E-state index in [9.17, 15) is 14.4 Å². The quantitative estimate of drug-likeness (QED) is 0.759. The molecule has 0 aromatic heterocycles. The summed E-state index contributed by atoms with van der Waals surface area (Å²) in [6.07, 6.45) is 1.11. The third kappa shape index (κ3) is 5.17. The second kappa shape index (κ2) is 8.98. The summed E-state index contributed by atoms with van der Waals surface area (Å²) >= 11 is 0. The molecule has 6 nitrogen and oxygen atoms in total. The number of nitrogens with zero attached hydrogens (tertiary/aromatic N) is 1. The zero-order valence-corrected chi connectivity index (χ0v) is 15.0. The number of benzene rings is 2. The average molecular weight is 366 g/mol. The number of fused-ring (bicyclic) bond motifs is 1. The Hall–Kier alpha value is -3.15. The van der Waals surface area contributed by atoms with Gasteiger partial charge in [-0.2, -0.15) is 0 Å². The fourth-order valence-corrected chi connectivity index (χ4v) is 3.04. The van der Waals surface area contributed by atoms with Crippen molar-refractivity contribution < 1.29 is 19.1 Å². The van der Waals surface area contributed by atoms with E-state index < -0.39 is 5.97 Å². The molecule has 0 unspecified atom stereocenters. The molecule has 2 aromatic carbocycles. The molecule has 0 atom stereocenters. The smallest absolute Gasteiger partial charge is 0.308 e. The third-order valence-electron chi connectivity index (χ3n) is 4.40. The molecule has 0 bridgehead atoms. The van der Waals surface area contributed by atoms with Crippen molar-refractivity contribution in [3.8, 4) is 0 Å². The molecule has 2 aromatic rings. The summed E-state index contributed by atoms with van der Waals surface area (Å²) in [5.74, 6) is -0.893. The minimum absolute atomic E-state index is 0.0321. The van der Waals surface area contributed by atoms with Gasteiger partial charge in [0.25, 0.3) is 5.91 Å². The maximum atomic E-state index is 12.3. The van der Waals surface area contributed by atoms with Gasteiger partial charge in [0, 0.05) is 18.8 Å². The average Bonchev–Trinajstić information content (AvgIpc) is 3.11. The van der Waals surface area contributed by atoms with E-state index >= 15 is 0 Å². The minimum atomic E-state index is -0.504. The second-order valence-corrected chi connectivity index (χ2v) is 6.35. The third-order valence-corrected chi connectivity index (χ3v) is 4.40. The summed E-state index contributed by atoms with van der Waals surface area (Å²) in [5.41, 5.74) is 2.92. The topological polar surface area (TPSA) is 75.7 Å². The van der Waals surface area contributed by atoms with Gasteiger partial charge in [-0.3, -0.25) is 14.4 Å². The number of carbonyl (C=O) groups excluding carboxylic acids is 3. The van der Waals surface area contributed by atoms with Gasteiger partial charge in [0.05, 0.1) is 12.8 Å². The van der Waals surface area contributed by atoms with Crippen molar-refractivity contribution in [2.24, 2.45) is 0 Å². The Bertz CT molecular complexity index is 820. The van der Waals surface area contributed by atoms with Crippen molar-refractivity contribution in [1.29, 1.82) is 0 Å². The predicted octanol–water partition coefficient (Wildman–Crippen LogP) is 1.87. The molecule has 0 fully saturated rings. The van der Waals surface area contributed by atoms with Crippen LogP contribution in [-0.4, -0.2) is 37.5 Å². The number of rotatable bonds is 7. The Labute approximate surface area is 158 Å². The van der Waals surface area contributed by atoms with Crippen molar-refractivity contribution in [2.75, 3.05) is 24.6 Å². The van der Waals surface area contributed by atoms with Crippen LogP contribution in [0.5, 0.6) is 0 Å². The Morgan fingerprint density at radius 2 is 1.74 bits per heavy atom. The molecule has 0 saturated carbocycles. The number of esters is 1. The van der Waals surface area contributed by atoms with E-state index in [2.05, 4.69) is 5.32 Å². The monoisotopic (exact) mass is 366 g/mol. The van der Waals surface area contributed by atoms with Crippen molar-refractivity contribution >= 4 is 23.5 Å². The normalized spacial score (nSPS) is 12.4. The number of hydrogen-bond donors (Lipinski definition) is 1. The minimum Gasteiger partial charge on any atom is -0.455 e. The first-order chi connectivity index (χ1) is 13.1. The summed E-state index contributed by atoms with van der Waals surface area (Å²) in [5, 5.41) is 2.68. The van der Waals surface area contributed by atoms with E-state index in [1.807, 2.05) is 54.6 Å². The Kier molecular flexibility index (Phi) is 6.20. The van der Waals surface area contributed by atoms with Crippen LogP contribution in [-0.2, 0) is 32.0 Å². The maximum absolute atomic E-state index is 12.3. The molecular weight excluding hydrogens is 344 g/mol. The van der Waals surface area contributed by atoms with Crippen molar-refractivity contribution in [3.05, 3.63) is 65.7 Å². The van der Waals surface area contributed by atoms with E-state index in [0.29, 0.717) is 6.54 Å². The van der Waals surface area contributed by atoms with E-state index in [1.54, 1.807) is 4.90 Å².